The highest BCUT2D eigenvalue weighted by Gasteiger charge is 2.50. The highest BCUT2D eigenvalue weighted by Crippen LogP contribution is 2.63. The molecule has 0 bridgehead atoms. The molecule has 0 radical (unpaired) electrons. The second-order valence-corrected chi connectivity index (χ2v) is 18.3. The van der Waals surface area contributed by atoms with Gasteiger partial charge in [0.1, 0.15) is 15.6 Å². The third-order valence-corrected chi connectivity index (χ3v) is 16.3. The molecule has 4 aromatic rings. The molecule has 5 fully saturated rings. The minimum atomic E-state index is -0.445. The molecule has 7 nitrogen and oxygen atoms in total. The van der Waals surface area contributed by atoms with Crippen LogP contribution in [0.2, 0.25) is 0 Å². The molecule has 5 aliphatic carbocycles. The predicted octanol–water partition coefficient (Wildman–Crippen LogP) is 9.52. The van der Waals surface area contributed by atoms with Crippen molar-refractivity contribution >= 4 is 109 Å². The number of thiophene rings is 4. The quantitative estimate of drug-likeness (QED) is 0.207. The Morgan fingerprint density at radius 1 is 0.574 bits per heavy atom. The van der Waals surface area contributed by atoms with Crippen molar-refractivity contribution in [2.75, 3.05) is 0 Å². The molecule has 47 heavy (non-hydrogen) atoms. The first-order chi connectivity index (χ1) is 22.9. The van der Waals surface area contributed by atoms with Crippen molar-refractivity contribution in [1.82, 2.24) is 0 Å². The van der Waals surface area contributed by atoms with Crippen molar-refractivity contribution in [2.24, 2.45) is 33.7 Å². The van der Waals surface area contributed by atoms with Crippen LogP contribution >= 0.6 is 45.3 Å². The molecule has 240 valence electrons. The van der Waals surface area contributed by atoms with Gasteiger partial charge in [-0.1, -0.05) is 32.1 Å². The minimum absolute atomic E-state index is 0.0570. The molecule has 0 aromatic carbocycles. The van der Waals surface area contributed by atoms with E-state index in [9.17, 15) is 19.2 Å². The van der Waals surface area contributed by atoms with Crippen molar-refractivity contribution in [2.45, 2.75) is 89.1 Å². The fraction of sp³-hybridized carbons (Fsp3) is 0.500. The van der Waals surface area contributed by atoms with Gasteiger partial charge in [-0.25, -0.2) is 9.98 Å². The topological polar surface area (TPSA) is 102 Å². The van der Waals surface area contributed by atoms with E-state index in [4.69, 9.17) is 14.7 Å². The largest absolute Gasteiger partial charge is 0.479 e. The fourth-order valence-electron chi connectivity index (χ4n) is 9.28. The van der Waals surface area contributed by atoms with Crippen LogP contribution < -0.4 is 4.74 Å². The van der Waals surface area contributed by atoms with Crippen LogP contribution in [0.4, 0.5) is 10.0 Å². The Balaban J connectivity index is 1.05. The average Bonchev–Trinajstić information content (AvgIpc) is 3.91. The lowest BCUT2D eigenvalue weighted by Crippen LogP contribution is -2.37. The Labute approximate surface area is 287 Å². The van der Waals surface area contributed by atoms with Gasteiger partial charge in [-0.3, -0.25) is 19.2 Å². The van der Waals surface area contributed by atoms with Crippen molar-refractivity contribution in [1.29, 1.82) is 0 Å². The van der Waals surface area contributed by atoms with Gasteiger partial charge in [0.25, 0.3) is 0 Å². The van der Waals surface area contributed by atoms with Gasteiger partial charge in [0.15, 0.2) is 40.3 Å². The molecule has 5 heterocycles. The second-order valence-electron chi connectivity index (χ2n) is 14.2. The molecule has 6 aliphatic rings. The molecule has 1 aliphatic heterocycles. The summed E-state index contributed by atoms with van der Waals surface area (Å²) < 4.78 is 11.6. The Morgan fingerprint density at radius 3 is 1.57 bits per heavy atom. The number of hydrogen-bond donors (Lipinski definition) is 0. The Bertz CT molecular complexity index is 2080. The molecule has 4 aromatic heterocycles. The Hall–Kier alpha value is -2.86. The maximum Gasteiger partial charge on any atom is 0.188 e. The zero-order valence-electron chi connectivity index (χ0n) is 25.7. The lowest BCUT2D eigenvalue weighted by molar-refractivity contribution is -0.120. The smallest absolute Gasteiger partial charge is 0.188 e. The molecule has 1 spiro atoms. The summed E-state index contributed by atoms with van der Waals surface area (Å²) in [4.78, 5) is 64.5. The lowest BCUT2D eigenvalue weighted by atomic mass is 9.78. The van der Waals surface area contributed by atoms with E-state index in [2.05, 4.69) is 6.07 Å². The number of rotatable bonds is 2. The number of hydrogen-bond acceptors (Lipinski definition) is 11. The predicted molar refractivity (Wildman–Crippen MR) is 189 cm³/mol. The van der Waals surface area contributed by atoms with E-state index in [1.807, 2.05) is 6.07 Å². The van der Waals surface area contributed by atoms with Crippen LogP contribution in [0.15, 0.2) is 22.1 Å². The first-order valence-electron chi connectivity index (χ1n) is 17.1. The van der Waals surface area contributed by atoms with Gasteiger partial charge in [0.05, 0.1) is 23.9 Å². The Kier molecular flexibility index (Phi) is 6.54. The minimum Gasteiger partial charge on any atom is -0.479 e. The number of carbonyl (C=O) groups excluding carboxylic acids is 4. The SMILES string of the molecule is O=C1C(=Nc2cc3sc4c(c3s2)OC2(CCCCC2)c2c-4sc3cc(N=C4C(=O)C5CCCCC5C4=O)sc23)C(=O)C2CCCCC12. The van der Waals surface area contributed by atoms with Crippen LogP contribution in [0.3, 0.4) is 0 Å². The number of aliphatic imine (C=N–C) groups is 2. The van der Waals surface area contributed by atoms with Gasteiger partial charge in [-0.15, -0.1) is 45.3 Å². The van der Waals surface area contributed by atoms with E-state index in [1.165, 1.54) is 28.2 Å². The molecule has 4 atom stereocenters. The Morgan fingerprint density at radius 2 is 1.04 bits per heavy atom. The van der Waals surface area contributed by atoms with Gasteiger partial charge in [-0.2, -0.15) is 0 Å². The normalized spacial score (nSPS) is 28.2. The van der Waals surface area contributed by atoms with E-state index in [0.717, 1.165) is 111 Å². The fourth-order valence-corrected chi connectivity index (χ4v) is 14.5. The molecular weight excluding hydrogens is 669 g/mol. The van der Waals surface area contributed by atoms with Gasteiger partial charge < -0.3 is 4.74 Å². The number of fused-ring (bicyclic) bond motifs is 10. The van der Waals surface area contributed by atoms with Crippen LogP contribution in [0.1, 0.15) is 89.0 Å². The molecule has 0 amide bonds. The second kappa shape index (κ2) is 10.6. The van der Waals surface area contributed by atoms with E-state index in [1.54, 1.807) is 34.0 Å². The van der Waals surface area contributed by atoms with Gasteiger partial charge in [0.2, 0.25) is 0 Å². The van der Waals surface area contributed by atoms with Gasteiger partial charge in [0, 0.05) is 33.9 Å². The van der Waals surface area contributed by atoms with Crippen LogP contribution in [0.25, 0.3) is 28.6 Å². The third kappa shape index (κ3) is 4.18. The van der Waals surface area contributed by atoms with E-state index >= 15 is 0 Å². The highest BCUT2D eigenvalue weighted by atomic mass is 32.1. The molecule has 0 saturated heterocycles. The zero-order valence-corrected chi connectivity index (χ0v) is 29.0. The summed E-state index contributed by atoms with van der Waals surface area (Å²) in [7, 11) is 0. The average molecular weight is 701 g/mol. The number of ketones is 4. The first-order valence-corrected chi connectivity index (χ1v) is 20.3. The maximum absolute atomic E-state index is 13.2. The van der Waals surface area contributed by atoms with Crippen LogP contribution in [-0.4, -0.2) is 34.6 Å². The standard InChI is InChI=1S/C36H32N2O5S4/c39-27-16-8-2-3-9-17(16)28(40)25(27)37-22-14-20-32(46-22)24-34(44-20)35-31(43-36(24)12-6-1-7-13-36)33-21(45-35)15-23(47-33)38-26-29(41)18-10-4-5-11-19(18)30(26)42/h14-19H,1-13H2. The summed E-state index contributed by atoms with van der Waals surface area (Å²) in [5, 5.41) is 1.43. The molecule has 11 heteroatoms. The summed E-state index contributed by atoms with van der Waals surface area (Å²) in [5.41, 5.74) is 1.11. The summed E-state index contributed by atoms with van der Waals surface area (Å²) in [6, 6.07) is 4.08. The molecule has 4 unspecified atom stereocenters. The van der Waals surface area contributed by atoms with E-state index in [0.29, 0.717) is 5.00 Å². The van der Waals surface area contributed by atoms with Gasteiger partial charge in [-0.05, 0) is 63.5 Å². The number of nitrogens with zero attached hydrogens (tertiary/aromatic N) is 2. The van der Waals surface area contributed by atoms with Crippen molar-refractivity contribution in [3.8, 4) is 15.5 Å². The van der Waals surface area contributed by atoms with Crippen LogP contribution in [0, 0.1) is 23.7 Å². The highest BCUT2D eigenvalue weighted by molar-refractivity contribution is 7.36. The molecule has 10 rings (SSSR count). The monoisotopic (exact) mass is 700 g/mol. The van der Waals surface area contributed by atoms with Crippen molar-refractivity contribution in [3.05, 3.63) is 17.7 Å². The summed E-state index contributed by atoms with van der Waals surface area (Å²) in [5.74, 6) is -0.0513. The summed E-state index contributed by atoms with van der Waals surface area (Å²) in [6.45, 7) is 0. The summed E-state index contributed by atoms with van der Waals surface area (Å²) in [6.07, 6.45) is 12.4. The van der Waals surface area contributed by atoms with Crippen molar-refractivity contribution < 1.29 is 23.9 Å². The van der Waals surface area contributed by atoms with Crippen molar-refractivity contribution in [3.63, 3.8) is 0 Å². The zero-order chi connectivity index (χ0) is 31.6. The maximum atomic E-state index is 13.2. The first kappa shape index (κ1) is 29.1. The van der Waals surface area contributed by atoms with E-state index < -0.39 is 5.60 Å². The van der Waals surface area contributed by atoms with E-state index in [-0.39, 0.29) is 58.2 Å². The summed E-state index contributed by atoms with van der Waals surface area (Å²) >= 11 is 6.57. The van der Waals surface area contributed by atoms with Crippen LogP contribution in [-0.2, 0) is 24.8 Å². The molecule has 0 N–H and O–H groups in total. The molecular formula is C36H32N2O5S4. The van der Waals surface area contributed by atoms with Crippen LogP contribution in [0.5, 0.6) is 5.75 Å². The third-order valence-electron chi connectivity index (χ3n) is 11.5. The number of ether oxygens (including phenoxy) is 1. The van der Waals surface area contributed by atoms with Gasteiger partial charge >= 0.3 is 0 Å². The molecule has 5 saturated carbocycles. The number of Topliss-reactive ketones (excluding diaryl/α,β-unsaturated/α-hetero) is 4. The number of carbonyl (C=O) groups is 4. The lowest BCUT2D eigenvalue weighted by Gasteiger charge is -2.40.